The number of ether oxygens (including phenoxy) is 2. The summed E-state index contributed by atoms with van der Waals surface area (Å²) in [4.78, 5) is 11.4. The van der Waals surface area contributed by atoms with Crippen molar-refractivity contribution >= 4 is 5.97 Å². The number of rotatable bonds is 4. The molecular weight excluding hydrogens is 216 g/mol. The van der Waals surface area contributed by atoms with E-state index in [1.807, 2.05) is 0 Å². The van der Waals surface area contributed by atoms with Crippen molar-refractivity contribution in [2.75, 3.05) is 13.7 Å². The maximum atomic E-state index is 11.4. The maximum Gasteiger partial charge on any atom is 0.308 e. The van der Waals surface area contributed by atoms with Crippen LogP contribution < -0.4 is 0 Å². The Balaban J connectivity index is 1.63. The van der Waals surface area contributed by atoms with Crippen LogP contribution in [0.3, 0.4) is 0 Å². The van der Waals surface area contributed by atoms with Crippen molar-refractivity contribution < 1.29 is 14.3 Å². The summed E-state index contributed by atoms with van der Waals surface area (Å²) in [6.45, 7) is 0.938. The molecule has 0 N–H and O–H groups in total. The summed E-state index contributed by atoms with van der Waals surface area (Å²) in [6.07, 6.45) is 9.74. The second-order valence-electron chi connectivity index (χ2n) is 5.48. The minimum atomic E-state index is -0.0424. The molecule has 0 aliphatic heterocycles. The molecular formula is C14H24O3. The Hall–Kier alpha value is -0.570. The van der Waals surface area contributed by atoms with E-state index in [9.17, 15) is 4.79 Å². The Kier molecular flexibility index (Phi) is 4.84. The van der Waals surface area contributed by atoms with Gasteiger partial charge in [-0.3, -0.25) is 4.79 Å². The first-order chi connectivity index (χ1) is 8.29. The molecule has 0 aromatic carbocycles. The first kappa shape index (κ1) is 12.9. The van der Waals surface area contributed by atoms with Crippen LogP contribution in [-0.2, 0) is 14.3 Å². The highest BCUT2D eigenvalue weighted by molar-refractivity contribution is 5.72. The number of carbonyl (C=O) groups is 1. The standard InChI is InChI=1S/C14H24O3/c1-16-14(15)12-6-8-13(9-7-12)17-10-11-4-2-3-5-11/h11-13H,2-10H2,1H3. The molecule has 17 heavy (non-hydrogen) atoms. The van der Waals surface area contributed by atoms with Crippen molar-refractivity contribution in [2.24, 2.45) is 11.8 Å². The SMILES string of the molecule is COC(=O)C1CCC(OCC2CCCC2)CC1. The molecule has 0 aromatic heterocycles. The summed E-state index contributed by atoms with van der Waals surface area (Å²) in [6, 6.07) is 0. The van der Waals surface area contributed by atoms with Crippen LogP contribution in [0.5, 0.6) is 0 Å². The normalized spacial score (nSPS) is 30.4. The van der Waals surface area contributed by atoms with Crippen molar-refractivity contribution in [3.63, 3.8) is 0 Å². The zero-order valence-corrected chi connectivity index (χ0v) is 10.8. The highest BCUT2D eigenvalue weighted by atomic mass is 16.5. The largest absolute Gasteiger partial charge is 0.469 e. The quantitative estimate of drug-likeness (QED) is 0.709. The van der Waals surface area contributed by atoms with E-state index in [-0.39, 0.29) is 11.9 Å². The molecule has 0 unspecified atom stereocenters. The lowest BCUT2D eigenvalue weighted by Gasteiger charge is -2.27. The van der Waals surface area contributed by atoms with Crippen molar-refractivity contribution in [3.8, 4) is 0 Å². The van der Waals surface area contributed by atoms with Gasteiger partial charge in [0.1, 0.15) is 0 Å². The van der Waals surface area contributed by atoms with Gasteiger partial charge in [0.25, 0.3) is 0 Å². The topological polar surface area (TPSA) is 35.5 Å². The van der Waals surface area contributed by atoms with Crippen LogP contribution >= 0.6 is 0 Å². The van der Waals surface area contributed by atoms with Gasteiger partial charge in [-0.2, -0.15) is 0 Å². The van der Waals surface area contributed by atoms with Gasteiger partial charge in [-0.25, -0.2) is 0 Å². The molecule has 0 heterocycles. The molecule has 2 rings (SSSR count). The maximum absolute atomic E-state index is 11.4. The lowest BCUT2D eigenvalue weighted by Crippen LogP contribution is -2.28. The summed E-state index contributed by atoms with van der Waals surface area (Å²) in [5.41, 5.74) is 0. The lowest BCUT2D eigenvalue weighted by atomic mass is 9.87. The zero-order valence-electron chi connectivity index (χ0n) is 10.8. The van der Waals surface area contributed by atoms with Crippen molar-refractivity contribution in [2.45, 2.75) is 57.5 Å². The van der Waals surface area contributed by atoms with Crippen LogP contribution in [0, 0.1) is 11.8 Å². The van der Waals surface area contributed by atoms with Gasteiger partial charge in [0.05, 0.1) is 19.1 Å². The third-order valence-electron chi connectivity index (χ3n) is 4.25. The Bertz CT molecular complexity index is 238. The molecule has 0 atom stereocenters. The summed E-state index contributed by atoms with van der Waals surface area (Å²) in [5.74, 6) is 0.874. The zero-order chi connectivity index (χ0) is 12.1. The molecule has 98 valence electrons. The van der Waals surface area contributed by atoms with Crippen molar-refractivity contribution in [3.05, 3.63) is 0 Å². The van der Waals surface area contributed by atoms with Gasteiger partial charge in [0.15, 0.2) is 0 Å². The fraction of sp³-hybridized carbons (Fsp3) is 0.929. The summed E-state index contributed by atoms with van der Waals surface area (Å²) in [5, 5.41) is 0. The Morgan fingerprint density at radius 1 is 1.06 bits per heavy atom. The number of carbonyl (C=O) groups excluding carboxylic acids is 1. The number of hydrogen-bond acceptors (Lipinski definition) is 3. The molecule has 0 amide bonds. The minimum absolute atomic E-state index is 0.0424. The summed E-state index contributed by atoms with van der Waals surface area (Å²) in [7, 11) is 1.48. The van der Waals surface area contributed by atoms with Crippen LogP contribution in [0.1, 0.15) is 51.4 Å². The first-order valence-electron chi connectivity index (χ1n) is 6.99. The van der Waals surface area contributed by atoms with Gasteiger partial charge in [0, 0.05) is 6.61 Å². The van der Waals surface area contributed by atoms with E-state index in [1.165, 1.54) is 32.8 Å². The average molecular weight is 240 g/mol. The van der Waals surface area contributed by atoms with Gasteiger partial charge in [-0.05, 0) is 44.4 Å². The molecule has 2 saturated carbocycles. The third kappa shape index (κ3) is 3.70. The van der Waals surface area contributed by atoms with Gasteiger partial charge in [-0.15, -0.1) is 0 Å². The molecule has 2 fully saturated rings. The Morgan fingerprint density at radius 3 is 2.29 bits per heavy atom. The van der Waals surface area contributed by atoms with Crippen LogP contribution in [0.25, 0.3) is 0 Å². The van der Waals surface area contributed by atoms with E-state index >= 15 is 0 Å². The van der Waals surface area contributed by atoms with Crippen LogP contribution in [0.2, 0.25) is 0 Å². The minimum Gasteiger partial charge on any atom is -0.469 e. The summed E-state index contributed by atoms with van der Waals surface area (Å²) < 4.78 is 10.8. The summed E-state index contributed by atoms with van der Waals surface area (Å²) >= 11 is 0. The van der Waals surface area contributed by atoms with E-state index in [2.05, 4.69) is 0 Å². The smallest absolute Gasteiger partial charge is 0.308 e. The highest BCUT2D eigenvalue weighted by Gasteiger charge is 2.27. The fourth-order valence-electron chi connectivity index (χ4n) is 3.08. The average Bonchev–Trinajstić information content (AvgIpc) is 2.89. The Labute approximate surface area is 104 Å². The second-order valence-corrected chi connectivity index (χ2v) is 5.48. The van der Waals surface area contributed by atoms with E-state index in [4.69, 9.17) is 9.47 Å². The molecule has 0 radical (unpaired) electrons. The predicted molar refractivity (Wildman–Crippen MR) is 65.7 cm³/mol. The molecule has 0 spiro atoms. The van der Waals surface area contributed by atoms with Gasteiger partial charge in [-0.1, -0.05) is 12.8 Å². The molecule has 0 bridgehead atoms. The number of methoxy groups -OCH3 is 1. The predicted octanol–water partition coefficient (Wildman–Crippen LogP) is 2.93. The fourth-order valence-corrected chi connectivity index (χ4v) is 3.08. The second kappa shape index (κ2) is 6.39. The van der Waals surface area contributed by atoms with E-state index in [0.29, 0.717) is 6.10 Å². The van der Waals surface area contributed by atoms with Crippen LogP contribution in [0.15, 0.2) is 0 Å². The molecule has 2 aliphatic rings. The van der Waals surface area contributed by atoms with Gasteiger partial charge >= 0.3 is 5.97 Å². The molecule has 3 heteroatoms. The molecule has 0 aromatic rings. The highest BCUT2D eigenvalue weighted by Crippen LogP contribution is 2.29. The monoisotopic (exact) mass is 240 g/mol. The number of esters is 1. The van der Waals surface area contributed by atoms with Crippen molar-refractivity contribution in [1.82, 2.24) is 0 Å². The van der Waals surface area contributed by atoms with Gasteiger partial charge < -0.3 is 9.47 Å². The van der Waals surface area contributed by atoms with E-state index in [1.54, 1.807) is 0 Å². The third-order valence-corrected chi connectivity index (χ3v) is 4.25. The van der Waals surface area contributed by atoms with E-state index in [0.717, 1.165) is 38.2 Å². The molecule has 3 nitrogen and oxygen atoms in total. The van der Waals surface area contributed by atoms with Gasteiger partial charge in [0.2, 0.25) is 0 Å². The van der Waals surface area contributed by atoms with Crippen LogP contribution in [-0.4, -0.2) is 25.8 Å². The Morgan fingerprint density at radius 2 is 1.71 bits per heavy atom. The molecule has 0 saturated heterocycles. The lowest BCUT2D eigenvalue weighted by molar-refractivity contribution is -0.147. The number of hydrogen-bond donors (Lipinski definition) is 0. The first-order valence-corrected chi connectivity index (χ1v) is 6.99. The van der Waals surface area contributed by atoms with Crippen molar-refractivity contribution in [1.29, 1.82) is 0 Å². The molecule has 2 aliphatic carbocycles. The van der Waals surface area contributed by atoms with Crippen LogP contribution in [0.4, 0.5) is 0 Å². The van der Waals surface area contributed by atoms with E-state index < -0.39 is 0 Å².